The quantitative estimate of drug-likeness (QED) is 0.659. The van der Waals surface area contributed by atoms with Crippen LogP contribution in [0.15, 0.2) is 36.4 Å². The molecule has 1 aliphatic carbocycles. The Kier molecular flexibility index (Phi) is 4.45. The number of benzene rings is 2. The summed E-state index contributed by atoms with van der Waals surface area (Å²) in [6, 6.07) is 13.6. The van der Waals surface area contributed by atoms with Gasteiger partial charge in [0.25, 0.3) is 0 Å². The maximum atomic E-state index is 6.27. The number of nitrogen functional groups attached to an aromatic ring is 1. The molecule has 2 aromatic rings. The zero-order valence-electron chi connectivity index (χ0n) is 13.0. The van der Waals surface area contributed by atoms with Crippen LogP contribution in [0.5, 0.6) is 0 Å². The summed E-state index contributed by atoms with van der Waals surface area (Å²) in [7, 11) is 2.25. The van der Waals surface area contributed by atoms with Crippen LogP contribution in [-0.2, 0) is 6.54 Å². The molecule has 0 unspecified atom stereocenters. The Morgan fingerprint density at radius 1 is 1.00 bits per heavy atom. The molecule has 1 fully saturated rings. The van der Waals surface area contributed by atoms with Gasteiger partial charge in [0.1, 0.15) is 0 Å². The number of nitrogens with zero attached hydrogens (tertiary/aromatic N) is 1. The van der Waals surface area contributed by atoms with Crippen molar-refractivity contribution in [2.75, 3.05) is 12.8 Å². The van der Waals surface area contributed by atoms with Gasteiger partial charge in [-0.25, -0.2) is 0 Å². The van der Waals surface area contributed by atoms with Crippen LogP contribution in [0.25, 0.3) is 10.8 Å². The summed E-state index contributed by atoms with van der Waals surface area (Å²) in [6.07, 6.45) is 8.24. The van der Waals surface area contributed by atoms with Crippen molar-refractivity contribution in [2.24, 2.45) is 0 Å². The van der Waals surface area contributed by atoms with E-state index in [9.17, 15) is 0 Å². The van der Waals surface area contributed by atoms with Crippen molar-refractivity contribution in [2.45, 2.75) is 51.1 Å². The monoisotopic (exact) mass is 282 g/mol. The first-order chi connectivity index (χ1) is 10.2. The van der Waals surface area contributed by atoms with Crippen molar-refractivity contribution in [3.05, 3.63) is 42.0 Å². The van der Waals surface area contributed by atoms with Gasteiger partial charge in [0.2, 0.25) is 0 Å². The number of fused-ring (bicyclic) bond motifs is 1. The van der Waals surface area contributed by atoms with E-state index in [2.05, 4.69) is 48.3 Å². The molecule has 1 aliphatic rings. The molecule has 0 amide bonds. The largest absolute Gasteiger partial charge is 0.398 e. The second-order valence-electron chi connectivity index (χ2n) is 6.46. The summed E-state index contributed by atoms with van der Waals surface area (Å²) >= 11 is 0. The maximum absolute atomic E-state index is 6.27. The molecule has 112 valence electrons. The van der Waals surface area contributed by atoms with Crippen LogP contribution in [0.4, 0.5) is 5.69 Å². The molecule has 0 aromatic heterocycles. The molecule has 0 heterocycles. The van der Waals surface area contributed by atoms with Gasteiger partial charge in [-0.3, -0.25) is 4.90 Å². The van der Waals surface area contributed by atoms with Crippen LogP contribution in [0.1, 0.15) is 44.1 Å². The van der Waals surface area contributed by atoms with Gasteiger partial charge in [0, 0.05) is 18.3 Å². The molecule has 0 atom stereocenters. The number of hydrogen-bond donors (Lipinski definition) is 1. The molecule has 2 N–H and O–H groups in total. The predicted molar refractivity (Wildman–Crippen MR) is 91.3 cm³/mol. The Hall–Kier alpha value is -1.54. The van der Waals surface area contributed by atoms with Crippen molar-refractivity contribution in [3.63, 3.8) is 0 Å². The third-order valence-corrected chi connectivity index (χ3v) is 4.88. The zero-order valence-corrected chi connectivity index (χ0v) is 13.0. The lowest BCUT2D eigenvalue weighted by atomic mass is 10.0. The first-order valence-corrected chi connectivity index (χ1v) is 8.21. The van der Waals surface area contributed by atoms with Crippen LogP contribution in [-0.4, -0.2) is 18.0 Å². The van der Waals surface area contributed by atoms with Crippen LogP contribution in [0.3, 0.4) is 0 Å². The van der Waals surface area contributed by atoms with E-state index in [1.54, 1.807) is 0 Å². The Morgan fingerprint density at radius 2 is 1.62 bits per heavy atom. The van der Waals surface area contributed by atoms with Gasteiger partial charge < -0.3 is 5.73 Å². The molecule has 0 aliphatic heterocycles. The minimum atomic E-state index is 0.721. The van der Waals surface area contributed by atoms with E-state index in [1.807, 2.05) is 0 Å². The first kappa shape index (κ1) is 14.4. The van der Waals surface area contributed by atoms with E-state index >= 15 is 0 Å². The molecule has 2 nitrogen and oxygen atoms in total. The Balaban J connectivity index is 1.78. The van der Waals surface area contributed by atoms with Crippen molar-refractivity contribution in [1.82, 2.24) is 4.90 Å². The predicted octanol–water partition coefficient (Wildman–Crippen LogP) is 4.58. The Labute approximate surface area is 127 Å². The van der Waals surface area contributed by atoms with Crippen LogP contribution in [0, 0.1) is 0 Å². The molecule has 0 saturated heterocycles. The molecule has 21 heavy (non-hydrogen) atoms. The van der Waals surface area contributed by atoms with E-state index in [4.69, 9.17) is 5.73 Å². The summed E-state index contributed by atoms with van der Waals surface area (Å²) in [5.41, 5.74) is 8.46. The molecule has 3 rings (SSSR count). The van der Waals surface area contributed by atoms with Crippen LogP contribution >= 0.6 is 0 Å². The van der Waals surface area contributed by atoms with Gasteiger partial charge in [-0.05, 0) is 48.4 Å². The average molecular weight is 282 g/mol. The van der Waals surface area contributed by atoms with Crippen LogP contribution in [0.2, 0.25) is 0 Å². The highest BCUT2D eigenvalue weighted by molar-refractivity contribution is 5.86. The van der Waals surface area contributed by atoms with Crippen molar-refractivity contribution < 1.29 is 0 Å². The fourth-order valence-electron chi connectivity index (χ4n) is 3.54. The van der Waals surface area contributed by atoms with Gasteiger partial charge in [0.15, 0.2) is 0 Å². The van der Waals surface area contributed by atoms with Gasteiger partial charge >= 0.3 is 0 Å². The SMILES string of the molecule is CN(Cc1cc2ccccc2cc1N)C1CCCCCC1. The number of hydrogen-bond acceptors (Lipinski definition) is 2. The lowest BCUT2D eigenvalue weighted by molar-refractivity contribution is 0.213. The fraction of sp³-hybridized carbons (Fsp3) is 0.474. The van der Waals surface area contributed by atoms with Gasteiger partial charge in [-0.1, -0.05) is 49.9 Å². The Morgan fingerprint density at radius 3 is 2.29 bits per heavy atom. The lowest BCUT2D eigenvalue weighted by Crippen LogP contribution is -2.31. The first-order valence-electron chi connectivity index (χ1n) is 8.21. The zero-order chi connectivity index (χ0) is 14.7. The average Bonchev–Trinajstić information content (AvgIpc) is 2.77. The summed E-state index contributed by atoms with van der Waals surface area (Å²) in [6.45, 7) is 0.960. The minimum Gasteiger partial charge on any atom is -0.398 e. The smallest absolute Gasteiger partial charge is 0.0366 e. The number of anilines is 1. The molecule has 2 heteroatoms. The van der Waals surface area contributed by atoms with E-state index < -0.39 is 0 Å². The molecule has 0 spiro atoms. The fourth-order valence-corrected chi connectivity index (χ4v) is 3.54. The topological polar surface area (TPSA) is 29.3 Å². The molecule has 1 saturated carbocycles. The van der Waals surface area contributed by atoms with E-state index in [0.717, 1.165) is 18.3 Å². The highest BCUT2D eigenvalue weighted by Gasteiger charge is 2.17. The van der Waals surface area contributed by atoms with Crippen LogP contribution < -0.4 is 5.73 Å². The van der Waals surface area contributed by atoms with E-state index in [1.165, 1.54) is 54.9 Å². The van der Waals surface area contributed by atoms with Gasteiger partial charge in [0.05, 0.1) is 0 Å². The maximum Gasteiger partial charge on any atom is 0.0366 e. The summed E-state index contributed by atoms with van der Waals surface area (Å²) in [5, 5.41) is 2.52. The molecular weight excluding hydrogens is 256 g/mol. The lowest BCUT2D eigenvalue weighted by Gasteiger charge is -2.27. The molecule has 0 radical (unpaired) electrons. The second kappa shape index (κ2) is 6.48. The second-order valence-corrected chi connectivity index (χ2v) is 6.46. The number of nitrogens with two attached hydrogens (primary N) is 1. The van der Waals surface area contributed by atoms with E-state index in [0.29, 0.717) is 0 Å². The normalized spacial score (nSPS) is 17.2. The van der Waals surface area contributed by atoms with Gasteiger partial charge in [-0.15, -0.1) is 0 Å². The highest BCUT2D eigenvalue weighted by Crippen LogP contribution is 2.26. The van der Waals surface area contributed by atoms with Gasteiger partial charge in [-0.2, -0.15) is 0 Å². The third kappa shape index (κ3) is 3.38. The standard InChI is InChI=1S/C19H26N2/c1-21(18-10-4-2-3-5-11-18)14-17-12-15-8-6-7-9-16(15)13-19(17)20/h6-9,12-13,18H,2-5,10-11,14,20H2,1H3. The molecule has 2 aromatic carbocycles. The van der Waals surface area contributed by atoms with E-state index in [-0.39, 0.29) is 0 Å². The molecular formula is C19H26N2. The van der Waals surface area contributed by atoms with Crippen molar-refractivity contribution in [3.8, 4) is 0 Å². The summed E-state index contributed by atoms with van der Waals surface area (Å²) in [4.78, 5) is 2.51. The minimum absolute atomic E-state index is 0.721. The highest BCUT2D eigenvalue weighted by atomic mass is 15.1. The summed E-state index contributed by atoms with van der Waals surface area (Å²) in [5.74, 6) is 0. The molecule has 0 bridgehead atoms. The van der Waals surface area contributed by atoms with Crippen molar-refractivity contribution in [1.29, 1.82) is 0 Å². The Bertz CT molecular complexity index is 598. The third-order valence-electron chi connectivity index (χ3n) is 4.88. The van der Waals surface area contributed by atoms with Crippen molar-refractivity contribution >= 4 is 16.5 Å². The summed E-state index contributed by atoms with van der Waals surface area (Å²) < 4.78 is 0. The number of rotatable bonds is 3.